The van der Waals surface area contributed by atoms with E-state index in [1.54, 1.807) is 6.08 Å². The predicted octanol–water partition coefficient (Wildman–Crippen LogP) is 3.27. The van der Waals surface area contributed by atoms with Crippen LogP contribution < -0.4 is 5.32 Å². The molecule has 6 nitrogen and oxygen atoms in total. The Balaban J connectivity index is 1.89. The van der Waals surface area contributed by atoms with Gasteiger partial charge in [0.25, 0.3) is 0 Å². The second-order valence-electron chi connectivity index (χ2n) is 7.03. The Bertz CT molecular complexity index is 766. The third-order valence-corrected chi connectivity index (χ3v) is 6.39. The largest absolute Gasteiger partial charge is 0.481 e. The number of hydrogen-bond donors (Lipinski definition) is 2. The molecule has 3 rings (SSSR count). The first kappa shape index (κ1) is 18.6. The molecule has 2 aliphatic carbocycles. The molecule has 7 heteroatoms. The second kappa shape index (κ2) is 7.61. The van der Waals surface area contributed by atoms with Crippen molar-refractivity contribution in [2.75, 3.05) is 12.4 Å². The number of nitrogens with one attached hydrogen (secondary N) is 1. The third kappa shape index (κ3) is 3.53. The van der Waals surface area contributed by atoms with E-state index in [1.165, 1.54) is 18.4 Å². The van der Waals surface area contributed by atoms with Gasteiger partial charge in [-0.3, -0.25) is 9.59 Å². The van der Waals surface area contributed by atoms with Crippen LogP contribution in [0.1, 0.15) is 47.0 Å². The fourth-order valence-corrected chi connectivity index (χ4v) is 5.14. The Kier molecular flexibility index (Phi) is 5.46. The summed E-state index contributed by atoms with van der Waals surface area (Å²) in [6.07, 6.45) is 7.03. The highest BCUT2D eigenvalue weighted by atomic mass is 32.1. The first-order chi connectivity index (χ1) is 12.4. The van der Waals surface area contributed by atoms with E-state index in [9.17, 15) is 19.5 Å². The molecule has 0 unspecified atom stereocenters. The van der Waals surface area contributed by atoms with E-state index in [0.29, 0.717) is 29.3 Å². The Labute approximate surface area is 156 Å². The van der Waals surface area contributed by atoms with Gasteiger partial charge in [-0.15, -0.1) is 11.3 Å². The summed E-state index contributed by atoms with van der Waals surface area (Å²) in [6, 6.07) is 0. The lowest BCUT2D eigenvalue weighted by atomic mass is 9.82. The van der Waals surface area contributed by atoms with E-state index in [4.69, 9.17) is 4.74 Å². The first-order valence-electron chi connectivity index (χ1n) is 8.83. The molecule has 0 aliphatic heterocycles. The minimum Gasteiger partial charge on any atom is -0.481 e. The summed E-state index contributed by atoms with van der Waals surface area (Å²) in [5, 5.41) is 12.7. The molecule has 1 aromatic rings. The van der Waals surface area contributed by atoms with Crippen molar-refractivity contribution < 1.29 is 24.2 Å². The quantitative estimate of drug-likeness (QED) is 0.621. The molecule has 1 aromatic heterocycles. The number of rotatable bonds is 4. The summed E-state index contributed by atoms with van der Waals surface area (Å²) in [4.78, 5) is 37.6. The number of hydrogen-bond acceptors (Lipinski definition) is 5. The number of fused-ring (bicyclic) bond motifs is 1. The summed E-state index contributed by atoms with van der Waals surface area (Å²) in [5.41, 5.74) is 1.40. The highest BCUT2D eigenvalue weighted by molar-refractivity contribution is 7.17. The van der Waals surface area contributed by atoms with Gasteiger partial charge in [0.1, 0.15) is 5.00 Å². The standard InChI is InChI=1S/C19H23NO5S/c1-10-7-8-13-14(9-10)26-17(15(13)19(24)25-2)20-16(21)11-5-3-4-6-12(11)18(22)23/h3-4,10-12H,5-9H2,1-2H3,(H,20,21)(H,22,23)/t10-,11+,12+/m1/s1. The number of anilines is 1. The number of amides is 1. The number of carbonyl (C=O) groups excluding carboxylic acids is 2. The molecule has 2 aliphatic rings. The van der Waals surface area contributed by atoms with E-state index in [0.717, 1.165) is 29.7 Å². The SMILES string of the molecule is COC(=O)c1c(NC(=O)[C@H]2CC=CC[C@@H]2C(=O)O)sc2c1CC[C@@H](C)C2. The molecule has 140 valence electrons. The first-order valence-corrected chi connectivity index (χ1v) is 9.65. The smallest absolute Gasteiger partial charge is 0.341 e. The van der Waals surface area contributed by atoms with E-state index >= 15 is 0 Å². The van der Waals surface area contributed by atoms with Crippen molar-refractivity contribution in [2.45, 2.75) is 39.0 Å². The van der Waals surface area contributed by atoms with Crippen LogP contribution in [0.3, 0.4) is 0 Å². The molecule has 0 saturated carbocycles. The van der Waals surface area contributed by atoms with Gasteiger partial charge in [0.05, 0.1) is 24.5 Å². The summed E-state index contributed by atoms with van der Waals surface area (Å²) < 4.78 is 4.93. The van der Waals surface area contributed by atoms with Crippen LogP contribution in [0.25, 0.3) is 0 Å². The second-order valence-corrected chi connectivity index (χ2v) is 8.14. The number of aliphatic carboxylic acids is 1. The van der Waals surface area contributed by atoms with E-state index in [-0.39, 0.29) is 5.91 Å². The molecule has 1 amide bonds. The maximum Gasteiger partial charge on any atom is 0.341 e. The van der Waals surface area contributed by atoms with Crippen LogP contribution in [-0.2, 0) is 27.2 Å². The van der Waals surface area contributed by atoms with Crippen molar-refractivity contribution in [3.8, 4) is 0 Å². The molecule has 0 saturated heterocycles. The molecule has 0 fully saturated rings. The average molecular weight is 377 g/mol. The van der Waals surface area contributed by atoms with Crippen LogP contribution in [0.2, 0.25) is 0 Å². The Morgan fingerprint density at radius 1 is 1.23 bits per heavy atom. The van der Waals surface area contributed by atoms with Gasteiger partial charge >= 0.3 is 11.9 Å². The molecule has 26 heavy (non-hydrogen) atoms. The summed E-state index contributed by atoms with van der Waals surface area (Å²) >= 11 is 1.41. The van der Waals surface area contributed by atoms with Crippen LogP contribution in [0.15, 0.2) is 12.2 Å². The minimum atomic E-state index is -0.970. The third-order valence-electron chi connectivity index (χ3n) is 5.22. The zero-order chi connectivity index (χ0) is 18.8. The maximum absolute atomic E-state index is 12.8. The van der Waals surface area contributed by atoms with E-state index in [2.05, 4.69) is 12.2 Å². The number of allylic oxidation sites excluding steroid dienone is 2. The lowest BCUT2D eigenvalue weighted by Crippen LogP contribution is -2.34. The number of carboxylic acid groups (broad SMARTS) is 1. The molecule has 2 N–H and O–H groups in total. The van der Waals surface area contributed by atoms with E-state index in [1.807, 2.05) is 6.08 Å². The summed E-state index contributed by atoms with van der Waals surface area (Å²) in [7, 11) is 1.33. The average Bonchev–Trinajstić information content (AvgIpc) is 2.97. The number of thiophene rings is 1. The zero-order valence-corrected chi connectivity index (χ0v) is 15.7. The number of methoxy groups -OCH3 is 1. The Morgan fingerprint density at radius 3 is 2.58 bits per heavy atom. The monoisotopic (exact) mass is 377 g/mol. The molecule has 1 heterocycles. The lowest BCUT2D eigenvalue weighted by Gasteiger charge is -2.24. The Morgan fingerprint density at radius 2 is 1.92 bits per heavy atom. The van der Waals surface area contributed by atoms with Crippen molar-refractivity contribution >= 4 is 34.2 Å². The van der Waals surface area contributed by atoms with Gasteiger partial charge < -0.3 is 15.2 Å². The molecular weight excluding hydrogens is 354 g/mol. The summed E-state index contributed by atoms with van der Waals surface area (Å²) in [6.45, 7) is 2.17. The molecular formula is C19H23NO5S. The zero-order valence-electron chi connectivity index (χ0n) is 14.9. The molecule has 0 aromatic carbocycles. The Hall–Kier alpha value is -2.15. The van der Waals surface area contributed by atoms with Gasteiger partial charge in [0.2, 0.25) is 5.91 Å². The van der Waals surface area contributed by atoms with E-state index < -0.39 is 23.8 Å². The minimum absolute atomic E-state index is 0.343. The fourth-order valence-electron chi connectivity index (χ4n) is 3.74. The molecule has 0 radical (unpaired) electrons. The van der Waals surface area contributed by atoms with Gasteiger partial charge in [-0.25, -0.2) is 4.79 Å². The van der Waals surface area contributed by atoms with Crippen LogP contribution >= 0.6 is 11.3 Å². The molecule has 0 bridgehead atoms. The number of carbonyl (C=O) groups is 3. The van der Waals surface area contributed by atoms with Crippen LogP contribution in [-0.4, -0.2) is 30.1 Å². The van der Waals surface area contributed by atoms with Crippen molar-refractivity contribution in [1.82, 2.24) is 0 Å². The molecule has 3 atom stereocenters. The van der Waals surface area contributed by atoms with Crippen molar-refractivity contribution in [1.29, 1.82) is 0 Å². The predicted molar refractivity (Wildman–Crippen MR) is 98.5 cm³/mol. The van der Waals surface area contributed by atoms with Gasteiger partial charge in [0.15, 0.2) is 0 Å². The van der Waals surface area contributed by atoms with Gasteiger partial charge in [0, 0.05) is 4.88 Å². The highest BCUT2D eigenvalue weighted by Crippen LogP contribution is 2.40. The van der Waals surface area contributed by atoms with Gasteiger partial charge in [-0.2, -0.15) is 0 Å². The maximum atomic E-state index is 12.8. The van der Waals surface area contributed by atoms with Gasteiger partial charge in [-0.1, -0.05) is 19.1 Å². The number of esters is 1. The summed E-state index contributed by atoms with van der Waals surface area (Å²) in [5.74, 6) is -2.61. The van der Waals surface area contributed by atoms with Crippen molar-refractivity contribution in [2.24, 2.45) is 17.8 Å². The van der Waals surface area contributed by atoms with Crippen LogP contribution in [0.4, 0.5) is 5.00 Å². The number of carboxylic acids is 1. The fraction of sp³-hybridized carbons (Fsp3) is 0.526. The van der Waals surface area contributed by atoms with Crippen molar-refractivity contribution in [3.05, 3.63) is 28.2 Å². The van der Waals surface area contributed by atoms with Crippen LogP contribution in [0.5, 0.6) is 0 Å². The van der Waals surface area contributed by atoms with Gasteiger partial charge in [-0.05, 0) is 43.6 Å². The van der Waals surface area contributed by atoms with Crippen LogP contribution in [0, 0.1) is 17.8 Å². The molecule has 0 spiro atoms. The number of ether oxygens (including phenoxy) is 1. The topological polar surface area (TPSA) is 92.7 Å². The van der Waals surface area contributed by atoms with Crippen molar-refractivity contribution in [3.63, 3.8) is 0 Å². The normalized spacial score (nSPS) is 24.6. The lowest BCUT2D eigenvalue weighted by molar-refractivity contribution is -0.146. The highest BCUT2D eigenvalue weighted by Gasteiger charge is 2.36.